The molecular weight excluding hydrogens is 326 g/mol. The molecule has 1 aliphatic heterocycles. The highest BCUT2D eigenvalue weighted by atomic mass is 32.2. The van der Waals surface area contributed by atoms with Crippen molar-refractivity contribution in [1.29, 1.82) is 0 Å². The van der Waals surface area contributed by atoms with Gasteiger partial charge < -0.3 is 5.11 Å². The summed E-state index contributed by atoms with van der Waals surface area (Å²) >= 11 is 0. The predicted molar refractivity (Wildman–Crippen MR) is 91.9 cm³/mol. The van der Waals surface area contributed by atoms with Crippen LogP contribution in [0.3, 0.4) is 0 Å². The van der Waals surface area contributed by atoms with Gasteiger partial charge in [-0.3, -0.25) is 4.68 Å². The zero-order valence-electron chi connectivity index (χ0n) is 14.0. The highest BCUT2D eigenvalue weighted by Gasteiger charge is 2.39. The molecule has 3 rings (SSSR count). The van der Waals surface area contributed by atoms with E-state index in [4.69, 9.17) is 0 Å². The minimum Gasteiger partial charge on any atom is -0.396 e. The largest absolute Gasteiger partial charge is 0.396 e. The van der Waals surface area contributed by atoms with E-state index in [0.717, 1.165) is 16.7 Å². The average molecular weight is 349 g/mol. The molecule has 1 fully saturated rings. The molecular formula is C17H23N3O3S. The summed E-state index contributed by atoms with van der Waals surface area (Å²) in [6.07, 6.45) is 3.65. The second-order valence-electron chi connectivity index (χ2n) is 6.56. The zero-order valence-corrected chi connectivity index (χ0v) is 14.8. The first-order valence-electron chi connectivity index (χ1n) is 8.02. The molecule has 6 nitrogen and oxygen atoms in total. The van der Waals surface area contributed by atoms with Gasteiger partial charge in [0.25, 0.3) is 0 Å². The third-order valence-electron chi connectivity index (χ3n) is 4.62. The van der Waals surface area contributed by atoms with Gasteiger partial charge >= 0.3 is 0 Å². The number of hydrogen-bond donors (Lipinski definition) is 1. The Bertz CT molecular complexity index is 816. The van der Waals surface area contributed by atoms with E-state index in [1.165, 1.54) is 4.31 Å². The van der Waals surface area contributed by atoms with E-state index in [9.17, 15) is 13.5 Å². The Kier molecular flexibility index (Phi) is 4.76. The van der Waals surface area contributed by atoms with Gasteiger partial charge in [-0.2, -0.15) is 5.10 Å². The molecule has 2 heterocycles. The highest BCUT2D eigenvalue weighted by Crippen LogP contribution is 2.34. The minimum absolute atomic E-state index is 0.00735. The Morgan fingerprint density at radius 2 is 2.12 bits per heavy atom. The van der Waals surface area contributed by atoms with Crippen LogP contribution >= 0.6 is 0 Å². The predicted octanol–water partition coefficient (Wildman–Crippen LogP) is 1.27. The fraction of sp³-hybridized carbons (Fsp3) is 0.471. The van der Waals surface area contributed by atoms with E-state index >= 15 is 0 Å². The molecule has 130 valence electrons. The summed E-state index contributed by atoms with van der Waals surface area (Å²) in [5, 5.41) is 13.8. The van der Waals surface area contributed by atoms with Gasteiger partial charge in [-0.05, 0) is 18.1 Å². The van der Waals surface area contributed by atoms with Gasteiger partial charge in [-0.15, -0.1) is 0 Å². The van der Waals surface area contributed by atoms with Crippen LogP contribution in [0, 0.1) is 12.8 Å². The van der Waals surface area contributed by atoms with Crippen molar-refractivity contribution in [2.45, 2.75) is 18.6 Å². The zero-order chi connectivity index (χ0) is 17.3. The fourth-order valence-corrected chi connectivity index (χ4v) is 4.95. The molecule has 24 heavy (non-hydrogen) atoms. The first-order valence-corrected chi connectivity index (χ1v) is 9.63. The van der Waals surface area contributed by atoms with Crippen LogP contribution in [0.4, 0.5) is 0 Å². The normalized spacial score (nSPS) is 22.1. The van der Waals surface area contributed by atoms with Crippen molar-refractivity contribution in [3.8, 4) is 0 Å². The molecule has 0 amide bonds. The maximum atomic E-state index is 12.8. The number of sulfonamides is 1. The number of aliphatic hydroxyl groups is 1. The van der Waals surface area contributed by atoms with E-state index in [2.05, 4.69) is 5.10 Å². The molecule has 2 aromatic rings. The van der Waals surface area contributed by atoms with Crippen molar-refractivity contribution in [2.24, 2.45) is 13.0 Å². The molecule has 1 saturated heterocycles. The molecule has 0 radical (unpaired) electrons. The van der Waals surface area contributed by atoms with Crippen LogP contribution in [-0.2, 0) is 22.8 Å². The van der Waals surface area contributed by atoms with E-state index in [1.807, 2.05) is 44.4 Å². The first-order chi connectivity index (χ1) is 11.4. The summed E-state index contributed by atoms with van der Waals surface area (Å²) < 4.78 is 28.8. The molecule has 0 bridgehead atoms. The van der Waals surface area contributed by atoms with Crippen molar-refractivity contribution in [1.82, 2.24) is 14.1 Å². The Morgan fingerprint density at radius 1 is 1.33 bits per heavy atom. The topological polar surface area (TPSA) is 75.4 Å². The van der Waals surface area contributed by atoms with E-state index < -0.39 is 10.0 Å². The van der Waals surface area contributed by atoms with Gasteiger partial charge in [0.2, 0.25) is 10.0 Å². The fourth-order valence-electron chi connectivity index (χ4n) is 3.36. The van der Waals surface area contributed by atoms with Crippen molar-refractivity contribution >= 4 is 10.0 Å². The molecule has 7 heteroatoms. The SMILES string of the molecule is Cc1cccc(CS(=O)(=O)N2C[C@@H](CO)[C@H](c3cnn(C)c3)C2)c1. The molecule has 1 N–H and O–H groups in total. The van der Waals surface area contributed by atoms with Gasteiger partial charge in [-0.25, -0.2) is 12.7 Å². The van der Waals surface area contributed by atoms with Crippen LogP contribution in [0.15, 0.2) is 36.7 Å². The summed E-state index contributed by atoms with van der Waals surface area (Å²) in [4.78, 5) is 0. The number of aliphatic hydroxyl groups excluding tert-OH is 1. The smallest absolute Gasteiger partial charge is 0.218 e. The number of rotatable bonds is 5. The third-order valence-corrected chi connectivity index (χ3v) is 6.40. The molecule has 1 aliphatic rings. The number of aryl methyl sites for hydroxylation is 2. The second kappa shape index (κ2) is 6.66. The van der Waals surface area contributed by atoms with Crippen LogP contribution in [-0.4, -0.2) is 47.3 Å². The quantitative estimate of drug-likeness (QED) is 0.882. The number of nitrogens with zero attached hydrogens (tertiary/aromatic N) is 3. The van der Waals surface area contributed by atoms with Crippen LogP contribution in [0.2, 0.25) is 0 Å². The standard InChI is InChI=1S/C17H23N3O3S/c1-13-4-3-5-14(6-13)12-24(22,23)20-9-16(11-21)17(10-20)15-7-18-19(2)8-15/h3-8,16-17,21H,9-12H2,1-2H3/t16-,17-/m0/s1. The van der Waals surface area contributed by atoms with Crippen molar-refractivity contribution < 1.29 is 13.5 Å². The van der Waals surface area contributed by atoms with Crippen LogP contribution in [0.1, 0.15) is 22.6 Å². The Morgan fingerprint density at radius 3 is 2.75 bits per heavy atom. The lowest BCUT2D eigenvalue weighted by atomic mass is 9.92. The molecule has 1 aromatic carbocycles. The van der Waals surface area contributed by atoms with Crippen molar-refractivity contribution in [3.63, 3.8) is 0 Å². The second-order valence-corrected chi connectivity index (χ2v) is 8.53. The summed E-state index contributed by atoms with van der Waals surface area (Å²) in [5.74, 6) is -0.121. The molecule has 0 spiro atoms. The van der Waals surface area contributed by atoms with E-state index in [1.54, 1.807) is 10.9 Å². The Balaban J connectivity index is 1.79. The lowest BCUT2D eigenvalue weighted by Crippen LogP contribution is -2.30. The van der Waals surface area contributed by atoms with Gasteiger partial charge in [0, 0.05) is 44.8 Å². The first kappa shape index (κ1) is 17.1. The monoisotopic (exact) mass is 349 g/mol. The number of hydrogen-bond acceptors (Lipinski definition) is 4. The molecule has 2 atom stereocenters. The maximum absolute atomic E-state index is 12.8. The van der Waals surface area contributed by atoms with Crippen LogP contribution in [0.5, 0.6) is 0 Å². The maximum Gasteiger partial charge on any atom is 0.218 e. The summed E-state index contributed by atoms with van der Waals surface area (Å²) in [6, 6.07) is 7.56. The Hall–Kier alpha value is -1.70. The minimum atomic E-state index is -3.41. The number of aromatic nitrogens is 2. The van der Waals surface area contributed by atoms with E-state index in [0.29, 0.717) is 13.1 Å². The molecule has 1 aromatic heterocycles. The summed E-state index contributed by atoms with van der Waals surface area (Å²) in [6.45, 7) is 2.66. The highest BCUT2D eigenvalue weighted by molar-refractivity contribution is 7.88. The molecule has 0 saturated carbocycles. The molecule has 0 unspecified atom stereocenters. The summed E-state index contributed by atoms with van der Waals surface area (Å²) in [5.41, 5.74) is 2.82. The lowest BCUT2D eigenvalue weighted by molar-refractivity contribution is 0.223. The van der Waals surface area contributed by atoms with Gasteiger partial charge in [0.15, 0.2) is 0 Å². The van der Waals surface area contributed by atoms with Crippen molar-refractivity contribution in [2.75, 3.05) is 19.7 Å². The Labute approximate surface area is 142 Å². The lowest BCUT2D eigenvalue weighted by Gasteiger charge is -2.16. The van der Waals surface area contributed by atoms with Gasteiger partial charge in [0.1, 0.15) is 0 Å². The van der Waals surface area contributed by atoms with Crippen molar-refractivity contribution in [3.05, 3.63) is 53.3 Å². The van der Waals surface area contributed by atoms with E-state index in [-0.39, 0.29) is 24.2 Å². The third kappa shape index (κ3) is 3.53. The van der Waals surface area contributed by atoms with Gasteiger partial charge in [0.05, 0.1) is 11.9 Å². The molecule has 0 aliphatic carbocycles. The van der Waals surface area contributed by atoms with Gasteiger partial charge in [-0.1, -0.05) is 29.8 Å². The van der Waals surface area contributed by atoms with Crippen LogP contribution < -0.4 is 0 Å². The average Bonchev–Trinajstić information content (AvgIpc) is 3.12. The number of benzene rings is 1. The summed E-state index contributed by atoms with van der Waals surface area (Å²) in [7, 11) is -1.58. The van der Waals surface area contributed by atoms with Crippen LogP contribution in [0.25, 0.3) is 0 Å².